The van der Waals surface area contributed by atoms with Gasteiger partial charge in [0.2, 0.25) is 11.8 Å². The number of amides is 2. The average Bonchev–Trinajstić information content (AvgIpc) is 3.16. The molecule has 0 aliphatic carbocycles. The van der Waals surface area contributed by atoms with Crippen molar-refractivity contribution in [2.75, 3.05) is 6.54 Å². The first kappa shape index (κ1) is 27.3. The Morgan fingerprint density at radius 2 is 1.91 bits per heavy atom. The number of carbonyl (C=O) groups excluding carboxylic acids is 3. The largest absolute Gasteiger partial charge is 0.421 e. The van der Waals surface area contributed by atoms with Gasteiger partial charge in [0.25, 0.3) is 0 Å². The highest BCUT2D eigenvalue weighted by Crippen LogP contribution is 2.42. The Bertz CT molecular complexity index is 914. The van der Waals surface area contributed by atoms with E-state index in [-0.39, 0.29) is 24.7 Å². The van der Waals surface area contributed by atoms with Crippen molar-refractivity contribution in [1.82, 2.24) is 10.6 Å². The quantitative estimate of drug-likeness (QED) is 0.449. The minimum absolute atomic E-state index is 0.0553. The smallest absolute Gasteiger partial charge is 0.376 e. The molecular weight excluding hydrogens is 451 g/mol. The Balaban J connectivity index is 2.13. The predicted molar refractivity (Wildman–Crippen MR) is 117 cm³/mol. The molecule has 1 aliphatic rings. The van der Waals surface area contributed by atoms with Crippen LogP contribution in [0.3, 0.4) is 0 Å². The van der Waals surface area contributed by atoms with E-state index in [1.807, 2.05) is 6.07 Å². The maximum absolute atomic E-state index is 13.7. The fourth-order valence-electron chi connectivity index (χ4n) is 4.15. The van der Waals surface area contributed by atoms with Crippen LogP contribution in [-0.2, 0) is 20.0 Å². The summed E-state index contributed by atoms with van der Waals surface area (Å²) in [5.41, 5.74) is -3.84. The van der Waals surface area contributed by atoms with Crippen molar-refractivity contribution in [3.8, 4) is 6.07 Å². The molecule has 34 heavy (non-hydrogen) atoms. The SMILES string of the molecule is CC(C)CC(CC(=O)CC(O)(c1ccccc1)C(F)(F)F)C(=O)NC(C#N)CC1CCNC1=O. The van der Waals surface area contributed by atoms with Crippen molar-refractivity contribution in [2.45, 2.75) is 63.8 Å². The Kier molecular flexibility index (Phi) is 9.21. The number of ketones is 1. The molecule has 1 fully saturated rings. The molecule has 0 saturated carbocycles. The normalized spacial score (nSPS) is 19.6. The third-order valence-corrected chi connectivity index (χ3v) is 5.93. The highest BCUT2D eigenvalue weighted by molar-refractivity contribution is 5.88. The van der Waals surface area contributed by atoms with Crippen molar-refractivity contribution in [1.29, 1.82) is 5.26 Å². The number of benzene rings is 1. The van der Waals surface area contributed by atoms with Gasteiger partial charge in [0.15, 0.2) is 5.60 Å². The molecular formula is C24H30F3N3O4. The van der Waals surface area contributed by atoms with E-state index in [2.05, 4.69) is 10.6 Å². The van der Waals surface area contributed by atoms with Gasteiger partial charge in [-0.25, -0.2) is 0 Å². The lowest BCUT2D eigenvalue weighted by Gasteiger charge is -2.31. The van der Waals surface area contributed by atoms with Crippen molar-refractivity contribution >= 4 is 17.6 Å². The standard InChI is InChI=1S/C24H30F3N3O4/c1-15(2)10-17(22(33)30-19(14-28)11-16-8-9-29-21(16)32)12-20(31)13-23(34,24(25,26)27)18-6-4-3-5-7-18/h3-7,15-17,19,34H,8-13H2,1-2H3,(H,29,32)(H,30,33). The molecule has 0 bridgehead atoms. The molecule has 10 heteroatoms. The van der Waals surface area contributed by atoms with Crippen molar-refractivity contribution in [3.63, 3.8) is 0 Å². The van der Waals surface area contributed by atoms with E-state index in [4.69, 9.17) is 0 Å². The summed E-state index contributed by atoms with van der Waals surface area (Å²) in [6.45, 7) is 4.08. The number of Topliss-reactive ketones (excluding diaryl/α,β-unsaturated/α-hetero) is 1. The van der Waals surface area contributed by atoms with E-state index in [1.54, 1.807) is 13.8 Å². The number of hydrogen-bond donors (Lipinski definition) is 3. The van der Waals surface area contributed by atoms with Crippen molar-refractivity contribution in [2.24, 2.45) is 17.8 Å². The zero-order valence-corrected chi connectivity index (χ0v) is 19.2. The summed E-state index contributed by atoms with van der Waals surface area (Å²) in [5.74, 6) is -3.21. The Morgan fingerprint density at radius 3 is 2.41 bits per heavy atom. The van der Waals surface area contributed by atoms with E-state index < -0.39 is 59.8 Å². The molecule has 0 aromatic heterocycles. The van der Waals surface area contributed by atoms with Gasteiger partial charge in [-0.15, -0.1) is 0 Å². The average molecular weight is 482 g/mol. The van der Waals surface area contributed by atoms with Gasteiger partial charge in [0.1, 0.15) is 11.8 Å². The molecule has 4 atom stereocenters. The molecule has 1 saturated heterocycles. The minimum atomic E-state index is -5.10. The third-order valence-electron chi connectivity index (χ3n) is 5.93. The van der Waals surface area contributed by atoms with Crippen LogP contribution in [0.4, 0.5) is 13.2 Å². The summed E-state index contributed by atoms with van der Waals surface area (Å²) >= 11 is 0. The van der Waals surface area contributed by atoms with Crippen LogP contribution in [0.15, 0.2) is 30.3 Å². The number of nitrogens with one attached hydrogen (secondary N) is 2. The lowest BCUT2D eigenvalue weighted by atomic mass is 9.84. The molecule has 1 aromatic carbocycles. The van der Waals surface area contributed by atoms with Gasteiger partial charge < -0.3 is 15.7 Å². The van der Waals surface area contributed by atoms with Gasteiger partial charge in [0.05, 0.1) is 6.07 Å². The molecule has 2 amide bonds. The van der Waals surface area contributed by atoms with E-state index >= 15 is 0 Å². The van der Waals surface area contributed by atoms with Gasteiger partial charge >= 0.3 is 6.18 Å². The molecule has 1 aromatic rings. The first-order valence-corrected chi connectivity index (χ1v) is 11.2. The van der Waals surface area contributed by atoms with Gasteiger partial charge in [-0.05, 0) is 30.7 Å². The molecule has 0 spiro atoms. The van der Waals surface area contributed by atoms with Crippen LogP contribution < -0.4 is 10.6 Å². The molecule has 3 N–H and O–H groups in total. The highest BCUT2D eigenvalue weighted by atomic mass is 19.4. The number of rotatable bonds is 11. The number of halogens is 3. The van der Waals surface area contributed by atoms with Gasteiger partial charge in [-0.3, -0.25) is 14.4 Å². The number of nitrogens with zero attached hydrogens (tertiary/aromatic N) is 1. The maximum Gasteiger partial charge on any atom is 0.421 e. The molecule has 1 aliphatic heterocycles. The van der Waals surface area contributed by atoms with E-state index in [0.29, 0.717) is 13.0 Å². The van der Waals surface area contributed by atoms with E-state index in [1.165, 1.54) is 18.2 Å². The van der Waals surface area contributed by atoms with Crippen LogP contribution in [0.2, 0.25) is 0 Å². The summed E-state index contributed by atoms with van der Waals surface area (Å²) < 4.78 is 41.2. The van der Waals surface area contributed by atoms with Crippen LogP contribution in [0, 0.1) is 29.1 Å². The maximum atomic E-state index is 13.7. The summed E-state index contributed by atoms with van der Waals surface area (Å²) in [7, 11) is 0. The number of alkyl halides is 3. The molecule has 7 nitrogen and oxygen atoms in total. The number of aliphatic hydroxyl groups is 1. The first-order valence-electron chi connectivity index (χ1n) is 11.2. The Hall–Kier alpha value is -2.93. The number of hydrogen-bond acceptors (Lipinski definition) is 5. The molecule has 186 valence electrons. The Morgan fingerprint density at radius 1 is 1.26 bits per heavy atom. The molecule has 0 radical (unpaired) electrons. The molecule has 2 rings (SSSR count). The van der Waals surface area contributed by atoms with Gasteiger partial charge in [-0.1, -0.05) is 44.2 Å². The fourth-order valence-corrected chi connectivity index (χ4v) is 4.15. The van der Waals surface area contributed by atoms with Crippen LogP contribution in [-0.4, -0.2) is 41.5 Å². The topological polar surface area (TPSA) is 119 Å². The van der Waals surface area contributed by atoms with Crippen LogP contribution >= 0.6 is 0 Å². The molecule has 4 unspecified atom stereocenters. The monoisotopic (exact) mass is 481 g/mol. The summed E-state index contributed by atoms with van der Waals surface area (Å²) in [6.07, 6.45) is -6.00. The second kappa shape index (κ2) is 11.5. The van der Waals surface area contributed by atoms with Crippen molar-refractivity contribution in [3.05, 3.63) is 35.9 Å². The first-order chi connectivity index (χ1) is 15.9. The van der Waals surface area contributed by atoms with E-state index in [0.717, 1.165) is 12.1 Å². The summed E-state index contributed by atoms with van der Waals surface area (Å²) in [5, 5.41) is 25.1. The second-order valence-corrected chi connectivity index (χ2v) is 9.17. The zero-order valence-electron chi connectivity index (χ0n) is 19.2. The molecule has 1 heterocycles. The predicted octanol–water partition coefficient (Wildman–Crippen LogP) is 2.98. The van der Waals surface area contributed by atoms with E-state index in [9.17, 15) is 37.9 Å². The summed E-state index contributed by atoms with van der Waals surface area (Å²) in [6, 6.07) is 7.31. The fraction of sp³-hybridized carbons (Fsp3) is 0.583. The van der Waals surface area contributed by atoms with Gasteiger partial charge in [0, 0.05) is 31.2 Å². The number of carbonyl (C=O) groups is 3. The Labute approximate surface area is 196 Å². The third kappa shape index (κ3) is 7.03. The lowest BCUT2D eigenvalue weighted by Crippen LogP contribution is -2.45. The minimum Gasteiger partial charge on any atom is -0.376 e. The summed E-state index contributed by atoms with van der Waals surface area (Å²) in [4.78, 5) is 37.3. The van der Waals surface area contributed by atoms with Crippen molar-refractivity contribution < 1.29 is 32.7 Å². The van der Waals surface area contributed by atoms with Crippen LogP contribution in [0.5, 0.6) is 0 Å². The number of nitriles is 1. The lowest BCUT2D eigenvalue weighted by molar-refractivity contribution is -0.267. The van der Waals surface area contributed by atoms with Crippen LogP contribution in [0.1, 0.15) is 51.5 Å². The zero-order chi connectivity index (χ0) is 25.5. The second-order valence-electron chi connectivity index (χ2n) is 9.17. The van der Waals surface area contributed by atoms with Crippen LogP contribution in [0.25, 0.3) is 0 Å². The highest BCUT2D eigenvalue weighted by Gasteiger charge is 2.56. The van der Waals surface area contributed by atoms with Gasteiger partial charge in [-0.2, -0.15) is 18.4 Å².